The highest BCUT2D eigenvalue weighted by atomic mass is 19.1. The van der Waals surface area contributed by atoms with Crippen LogP contribution >= 0.6 is 0 Å². The quantitative estimate of drug-likeness (QED) is 0.191. The van der Waals surface area contributed by atoms with Gasteiger partial charge in [-0.3, -0.25) is 14.7 Å². The second kappa shape index (κ2) is 14.5. The fraction of sp³-hybridized carbons (Fsp3) is 0.439. The van der Waals surface area contributed by atoms with E-state index >= 15 is 13.2 Å². The number of aliphatic hydroxyl groups is 1. The molecule has 4 aromatic rings. The standard InChI is InChI=1S/C41H40F3N7O5/c1-4-29-32(43)7-6-23-13-28(53)14-30(35(23)29)37-36(44)38-31(17-46-37)39(49-19-27-12-24(16-45)33(20-49)51(27)34(54)5-2)48-40(47-38)56-21-41(22(3)52)15-25(42)18-50(41)26-8-10-55-11-9-26/h1,5-7,13-14,17,22,24-27,33,52-53H,2,8-12,15,18-21H2,3H3/t22-,24?,25+,27+,33+,41-/m0/s1. The van der Waals surface area contributed by atoms with E-state index in [-0.39, 0.29) is 101 Å². The Bertz CT molecular complexity index is 2330. The minimum Gasteiger partial charge on any atom is -0.508 e. The molecule has 2 aromatic carbocycles. The molecule has 4 saturated heterocycles. The first-order chi connectivity index (χ1) is 27.0. The number of anilines is 1. The lowest BCUT2D eigenvalue weighted by Crippen LogP contribution is -2.60. The van der Waals surface area contributed by atoms with E-state index < -0.39 is 41.4 Å². The first-order valence-electron chi connectivity index (χ1n) is 18.6. The molecule has 6 heterocycles. The van der Waals surface area contributed by atoms with Crippen molar-refractivity contribution in [2.24, 2.45) is 5.92 Å². The number of phenolic OH excluding ortho intramolecular Hbond substituents is 1. The molecule has 0 radical (unpaired) electrons. The third kappa shape index (κ3) is 6.15. The fourth-order valence-corrected chi connectivity index (χ4v) is 9.32. The topological polar surface area (TPSA) is 148 Å². The number of pyridine rings is 1. The summed E-state index contributed by atoms with van der Waals surface area (Å²) in [6, 6.07) is 6.33. The van der Waals surface area contributed by atoms with Crippen molar-refractivity contribution in [3.63, 3.8) is 0 Å². The van der Waals surface area contributed by atoms with E-state index in [1.54, 1.807) is 11.8 Å². The number of ether oxygens (including phenoxy) is 2. The SMILES string of the molecule is C#Cc1c(F)ccc2cc(O)cc(-c3ncc4c(N5C[C@H]6CC(C#N)[C@@H](C5)N6C(=O)C=C)nc(OC[C@]5([C@H](C)O)C[C@@H](F)CN5C5CCOCC5)nc4c3F)c12. The number of nitriles is 1. The molecule has 56 heavy (non-hydrogen) atoms. The van der Waals surface area contributed by atoms with Crippen molar-refractivity contribution < 1.29 is 37.7 Å². The van der Waals surface area contributed by atoms with Crippen LogP contribution in [0.2, 0.25) is 0 Å². The molecule has 8 rings (SSSR count). The number of likely N-dealkylation sites (tertiary alicyclic amines) is 1. The summed E-state index contributed by atoms with van der Waals surface area (Å²) in [6.07, 6.45) is 7.75. The minimum atomic E-state index is -1.23. The Morgan fingerprint density at radius 2 is 2.00 bits per heavy atom. The average Bonchev–Trinajstić information content (AvgIpc) is 3.66. The highest BCUT2D eigenvalue weighted by Gasteiger charge is 2.53. The molecular formula is C41H40F3N7O5. The maximum absolute atomic E-state index is 17.2. The van der Waals surface area contributed by atoms with Crippen LogP contribution in [0, 0.1) is 41.2 Å². The van der Waals surface area contributed by atoms with E-state index in [1.165, 1.54) is 36.5 Å². The number of phenols is 1. The highest BCUT2D eigenvalue weighted by molar-refractivity contribution is 6.03. The Morgan fingerprint density at radius 1 is 1.21 bits per heavy atom. The van der Waals surface area contributed by atoms with Crippen LogP contribution in [0.4, 0.5) is 19.0 Å². The van der Waals surface area contributed by atoms with Gasteiger partial charge in [0.15, 0.2) is 5.82 Å². The molecule has 0 spiro atoms. The number of nitrogens with zero attached hydrogens (tertiary/aromatic N) is 7. The van der Waals surface area contributed by atoms with Gasteiger partial charge in [-0.2, -0.15) is 15.2 Å². The zero-order valence-electron chi connectivity index (χ0n) is 30.7. The number of carbonyl (C=O) groups excluding carboxylic acids is 1. The largest absolute Gasteiger partial charge is 0.508 e. The lowest BCUT2D eigenvalue weighted by atomic mass is 9.88. The Balaban J connectivity index is 1.26. The molecule has 2 N–H and O–H groups in total. The van der Waals surface area contributed by atoms with Gasteiger partial charge in [-0.05, 0) is 55.8 Å². The van der Waals surface area contributed by atoms with E-state index in [4.69, 9.17) is 20.9 Å². The van der Waals surface area contributed by atoms with Crippen molar-refractivity contribution >= 4 is 33.4 Å². The normalized spacial score (nSPS) is 26.0. The summed E-state index contributed by atoms with van der Waals surface area (Å²) in [5, 5.41) is 32.6. The summed E-state index contributed by atoms with van der Waals surface area (Å²) >= 11 is 0. The molecule has 12 nitrogen and oxygen atoms in total. The molecule has 290 valence electrons. The maximum Gasteiger partial charge on any atom is 0.319 e. The predicted molar refractivity (Wildman–Crippen MR) is 200 cm³/mol. The van der Waals surface area contributed by atoms with E-state index in [0.717, 1.165) is 0 Å². The van der Waals surface area contributed by atoms with Crippen molar-refractivity contribution in [3.8, 4) is 41.4 Å². The summed E-state index contributed by atoms with van der Waals surface area (Å²) in [5.41, 5.74) is -1.76. The summed E-state index contributed by atoms with van der Waals surface area (Å²) in [4.78, 5) is 32.2. The number of hydrogen-bond donors (Lipinski definition) is 2. The summed E-state index contributed by atoms with van der Waals surface area (Å²) in [7, 11) is 0. The van der Waals surface area contributed by atoms with Gasteiger partial charge in [0.25, 0.3) is 0 Å². The first-order valence-corrected chi connectivity index (χ1v) is 18.6. The molecule has 0 saturated carbocycles. The lowest BCUT2D eigenvalue weighted by Gasteiger charge is -2.45. The number of aromatic nitrogens is 3. The fourth-order valence-electron chi connectivity index (χ4n) is 9.32. The van der Waals surface area contributed by atoms with E-state index in [9.17, 15) is 20.3 Å². The van der Waals surface area contributed by atoms with Crippen molar-refractivity contribution in [3.05, 3.63) is 60.3 Å². The van der Waals surface area contributed by atoms with E-state index in [0.29, 0.717) is 37.9 Å². The molecule has 4 aliphatic rings. The number of rotatable bonds is 8. The first kappa shape index (κ1) is 37.4. The molecule has 4 fully saturated rings. The number of aromatic hydroxyl groups is 1. The molecule has 4 aliphatic heterocycles. The predicted octanol–water partition coefficient (Wildman–Crippen LogP) is 4.65. The van der Waals surface area contributed by atoms with Crippen LogP contribution in [0.5, 0.6) is 11.8 Å². The Morgan fingerprint density at radius 3 is 2.71 bits per heavy atom. The van der Waals surface area contributed by atoms with Crippen molar-refractivity contribution in [2.45, 2.75) is 68.5 Å². The van der Waals surface area contributed by atoms with Crippen LogP contribution in [0.25, 0.3) is 32.9 Å². The van der Waals surface area contributed by atoms with Gasteiger partial charge in [0.2, 0.25) is 5.91 Å². The zero-order valence-corrected chi connectivity index (χ0v) is 30.7. The van der Waals surface area contributed by atoms with Gasteiger partial charge >= 0.3 is 6.01 Å². The summed E-state index contributed by atoms with van der Waals surface area (Å²) in [5.74, 6) is -0.0899. The Hall–Kier alpha value is -5.48. The number of carbonyl (C=O) groups is 1. The molecule has 2 aromatic heterocycles. The van der Waals surface area contributed by atoms with Gasteiger partial charge in [0.1, 0.15) is 41.4 Å². The van der Waals surface area contributed by atoms with Gasteiger partial charge in [-0.15, -0.1) is 6.42 Å². The number of terminal acetylenes is 1. The van der Waals surface area contributed by atoms with Gasteiger partial charge in [-0.25, -0.2) is 13.2 Å². The number of aliphatic hydroxyl groups excluding tert-OH is 1. The van der Waals surface area contributed by atoms with Gasteiger partial charge < -0.3 is 29.5 Å². The van der Waals surface area contributed by atoms with Crippen LogP contribution in [-0.4, -0.2) is 116 Å². The van der Waals surface area contributed by atoms with Crippen LogP contribution < -0.4 is 9.64 Å². The molecule has 6 atom stereocenters. The Labute approximate surface area is 321 Å². The Kier molecular flexibility index (Phi) is 9.73. The summed E-state index contributed by atoms with van der Waals surface area (Å²) < 4.78 is 59.4. The van der Waals surface area contributed by atoms with Gasteiger partial charge in [0.05, 0.1) is 46.7 Å². The number of fused-ring (bicyclic) bond motifs is 4. The number of benzene rings is 2. The van der Waals surface area contributed by atoms with E-state index in [2.05, 4.69) is 28.5 Å². The number of hydrogen-bond acceptors (Lipinski definition) is 11. The third-order valence-electron chi connectivity index (χ3n) is 12.0. The monoisotopic (exact) mass is 767 g/mol. The van der Waals surface area contributed by atoms with Crippen molar-refractivity contribution in [1.82, 2.24) is 24.8 Å². The number of alkyl halides is 1. The minimum absolute atomic E-state index is 0.0122. The third-order valence-corrected chi connectivity index (χ3v) is 12.0. The molecular weight excluding hydrogens is 727 g/mol. The van der Waals surface area contributed by atoms with Crippen LogP contribution in [0.3, 0.4) is 0 Å². The second-order valence-electron chi connectivity index (χ2n) is 15.1. The molecule has 0 aliphatic carbocycles. The summed E-state index contributed by atoms with van der Waals surface area (Å²) in [6.45, 7) is 6.52. The second-order valence-corrected chi connectivity index (χ2v) is 15.1. The smallest absolute Gasteiger partial charge is 0.319 e. The van der Waals surface area contributed by atoms with Gasteiger partial charge in [0, 0.05) is 62.5 Å². The average molecular weight is 768 g/mol. The maximum atomic E-state index is 17.2. The zero-order chi connectivity index (χ0) is 39.5. The molecule has 1 amide bonds. The molecule has 1 unspecified atom stereocenters. The van der Waals surface area contributed by atoms with Crippen molar-refractivity contribution in [2.75, 3.05) is 44.4 Å². The van der Waals surface area contributed by atoms with Crippen LogP contribution in [0.1, 0.15) is 38.2 Å². The highest BCUT2D eigenvalue weighted by Crippen LogP contribution is 2.43. The van der Waals surface area contributed by atoms with Crippen molar-refractivity contribution in [1.29, 1.82) is 5.26 Å². The number of halogens is 3. The van der Waals surface area contributed by atoms with Gasteiger partial charge in [-0.1, -0.05) is 18.6 Å². The van der Waals surface area contributed by atoms with Crippen LogP contribution in [-0.2, 0) is 9.53 Å². The number of piperazine rings is 1. The van der Waals surface area contributed by atoms with Crippen LogP contribution in [0.15, 0.2) is 43.1 Å². The van der Waals surface area contributed by atoms with E-state index in [1.807, 2.05) is 9.80 Å². The lowest BCUT2D eigenvalue weighted by molar-refractivity contribution is -0.129. The number of amides is 1. The molecule has 15 heteroatoms. The molecule has 2 bridgehead atoms.